The van der Waals surface area contributed by atoms with Gasteiger partial charge in [-0.15, -0.1) is 0 Å². The zero-order valence-electron chi connectivity index (χ0n) is 7.97. The molecule has 0 N–H and O–H groups in total. The highest BCUT2D eigenvalue weighted by molar-refractivity contribution is 4.73. The first-order valence-electron chi connectivity index (χ1n) is 4.91. The first-order valence-corrected chi connectivity index (χ1v) is 4.91. The van der Waals surface area contributed by atoms with E-state index in [2.05, 4.69) is 20.8 Å². The molecule has 0 saturated carbocycles. The molecule has 1 heteroatoms. The van der Waals surface area contributed by atoms with E-state index in [9.17, 15) is 0 Å². The third-order valence-electron chi connectivity index (χ3n) is 2.72. The van der Waals surface area contributed by atoms with Gasteiger partial charge in [0.2, 0.25) is 0 Å². The molecule has 0 spiro atoms. The van der Waals surface area contributed by atoms with E-state index in [4.69, 9.17) is 4.74 Å². The van der Waals surface area contributed by atoms with Gasteiger partial charge in [0.15, 0.2) is 0 Å². The number of rotatable bonds is 2. The van der Waals surface area contributed by atoms with Crippen molar-refractivity contribution < 1.29 is 4.74 Å². The first-order chi connectivity index (χ1) is 5.26. The zero-order valence-corrected chi connectivity index (χ0v) is 7.97. The Balaban J connectivity index is 2.37. The molecule has 0 radical (unpaired) electrons. The van der Waals surface area contributed by atoms with Crippen LogP contribution in [0.25, 0.3) is 0 Å². The van der Waals surface area contributed by atoms with Crippen LogP contribution in [0, 0.1) is 5.92 Å². The van der Waals surface area contributed by atoms with Gasteiger partial charge in [0.25, 0.3) is 0 Å². The summed E-state index contributed by atoms with van der Waals surface area (Å²) in [5.74, 6) is 0.920. The summed E-state index contributed by atoms with van der Waals surface area (Å²) in [5, 5.41) is 0. The summed E-state index contributed by atoms with van der Waals surface area (Å²) in [5.41, 5.74) is 0. The van der Waals surface area contributed by atoms with Gasteiger partial charge in [0, 0.05) is 0 Å². The van der Waals surface area contributed by atoms with Gasteiger partial charge in [-0.25, -0.2) is 0 Å². The lowest BCUT2D eigenvalue weighted by molar-refractivity contribution is -0.0632. The van der Waals surface area contributed by atoms with Crippen molar-refractivity contribution in [3.63, 3.8) is 0 Å². The molecule has 1 heterocycles. The summed E-state index contributed by atoms with van der Waals surface area (Å²) in [6, 6.07) is 0. The van der Waals surface area contributed by atoms with Crippen LogP contribution in [0.4, 0.5) is 0 Å². The van der Waals surface area contributed by atoms with Crippen molar-refractivity contribution >= 4 is 0 Å². The highest BCUT2D eigenvalue weighted by atomic mass is 16.5. The minimum atomic E-state index is 0.499. The minimum absolute atomic E-state index is 0.499. The maximum absolute atomic E-state index is 5.77. The van der Waals surface area contributed by atoms with Crippen molar-refractivity contribution in [2.75, 3.05) is 0 Å². The first kappa shape index (κ1) is 9.05. The van der Waals surface area contributed by atoms with Crippen LogP contribution in [0.15, 0.2) is 0 Å². The van der Waals surface area contributed by atoms with Crippen LogP contribution in [0.1, 0.15) is 46.5 Å². The second kappa shape index (κ2) is 4.10. The summed E-state index contributed by atoms with van der Waals surface area (Å²) in [6.45, 7) is 6.70. The smallest absolute Gasteiger partial charge is 0.0578 e. The molecule has 1 unspecified atom stereocenters. The average molecular weight is 156 g/mol. The Bertz CT molecular complexity index is 99.4. The molecule has 1 fully saturated rings. The molecule has 1 saturated heterocycles. The van der Waals surface area contributed by atoms with Crippen molar-refractivity contribution in [2.24, 2.45) is 5.92 Å². The van der Waals surface area contributed by atoms with Gasteiger partial charge in [-0.05, 0) is 32.1 Å². The normalized spacial score (nSPS) is 39.0. The highest BCUT2D eigenvalue weighted by Crippen LogP contribution is 2.28. The lowest BCUT2D eigenvalue weighted by atomic mass is 9.89. The van der Waals surface area contributed by atoms with Crippen LogP contribution in [0.3, 0.4) is 0 Å². The zero-order chi connectivity index (χ0) is 8.27. The maximum Gasteiger partial charge on any atom is 0.0578 e. The van der Waals surface area contributed by atoms with Crippen molar-refractivity contribution in [1.29, 1.82) is 0 Å². The third-order valence-corrected chi connectivity index (χ3v) is 2.72. The Morgan fingerprint density at radius 2 is 1.91 bits per heavy atom. The van der Waals surface area contributed by atoms with Gasteiger partial charge in [-0.1, -0.05) is 20.3 Å². The Hall–Kier alpha value is -0.0400. The van der Waals surface area contributed by atoms with E-state index >= 15 is 0 Å². The molecule has 0 aromatic heterocycles. The van der Waals surface area contributed by atoms with Gasteiger partial charge in [-0.2, -0.15) is 0 Å². The van der Waals surface area contributed by atoms with Gasteiger partial charge < -0.3 is 4.74 Å². The van der Waals surface area contributed by atoms with Crippen molar-refractivity contribution in [2.45, 2.75) is 58.7 Å². The fourth-order valence-electron chi connectivity index (χ4n) is 1.97. The lowest BCUT2D eigenvalue weighted by Crippen LogP contribution is -2.30. The number of ether oxygens (including phenoxy) is 1. The number of hydrogen-bond acceptors (Lipinski definition) is 1. The molecule has 1 rings (SSSR count). The molecule has 0 aromatic carbocycles. The van der Waals surface area contributed by atoms with E-state index in [1.807, 2.05) is 0 Å². The molecule has 1 aliphatic heterocycles. The van der Waals surface area contributed by atoms with Crippen LogP contribution in [0.5, 0.6) is 0 Å². The summed E-state index contributed by atoms with van der Waals surface area (Å²) in [4.78, 5) is 0. The third kappa shape index (κ3) is 2.48. The topological polar surface area (TPSA) is 9.23 Å². The molecule has 0 aromatic rings. The molecule has 0 aliphatic carbocycles. The van der Waals surface area contributed by atoms with Crippen LogP contribution in [0.2, 0.25) is 0 Å². The molecular formula is C10H20O. The van der Waals surface area contributed by atoms with Gasteiger partial charge >= 0.3 is 0 Å². The van der Waals surface area contributed by atoms with Crippen molar-refractivity contribution in [1.82, 2.24) is 0 Å². The summed E-state index contributed by atoms with van der Waals surface area (Å²) >= 11 is 0. The van der Waals surface area contributed by atoms with E-state index in [-0.39, 0.29) is 0 Å². The van der Waals surface area contributed by atoms with Crippen LogP contribution >= 0.6 is 0 Å². The van der Waals surface area contributed by atoms with E-state index < -0.39 is 0 Å². The molecule has 0 bridgehead atoms. The van der Waals surface area contributed by atoms with Crippen LogP contribution in [-0.4, -0.2) is 12.2 Å². The van der Waals surface area contributed by atoms with Crippen molar-refractivity contribution in [3.05, 3.63) is 0 Å². The molecule has 11 heavy (non-hydrogen) atoms. The lowest BCUT2D eigenvalue weighted by Gasteiger charge is -2.32. The predicted octanol–water partition coefficient (Wildman–Crippen LogP) is 2.99. The minimum Gasteiger partial charge on any atom is -0.375 e. The quantitative estimate of drug-likeness (QED) is 0.597. The summed E-state index contributed by atoms with van der Waals surface area (Å²) < 4.78 is 5.77. The fraction of sp³-hybridized carbons (Fsp3) is 1.00. The standard InChI is InChI=1S/C10H20O/c1-4-9-6-8(3)11-10(5-2)7-9/h8-10H,4-7H2,1-3H3/t8?,9-,10-/m1/s1. The van der Waals surface area contributed by atoms with E-state index in [0.717, 1.165) is 5.92 Å². The SMILES string of the molecule is CC[C@@H]1CC(C)O[C@H](CC)C1. The van der Waals surface area contributed by atoms with E-state index in [1.54, 1.807) is 0 Å². The second-order valence-electron chi connectivity index (χ2n) is 3.72. The van der Waals surface area contributed by atoms with Gasteiger partial charge in [-0.3, -0.25) is 0 Å². The molecule has 0 amide bonds. The Labute approximate surface area is 70.1 Å². The van der Waals surface area contributed by atoms with Crippen LogP contribution in [-0.2, 0) is 4.74 Å². The predicted molar refractivity (Wildman–Crippen MR) is 47.6 cm³/mol. The molecule has 3 atom stereocenters. The average Bonchev–Trinajstić information content (AvgIpc) is 2.03. The Kier molecular flexibility index (Phi) is 3.38. The van der Waals surface area contributed by atoms with Crippen molar-refractivity contribution in [3.8, 4) is 0 Å². The van der Waals surface area contributed by atoms with Crippen LogP contribution < -0.4 is 0 Å². The molecule has 1 aliphatic rings. The monoisotopic (exact) mass is 156 g/mol. The molecule has 66 valence electrons. The summed E-state index contributed by atoms with van der Waals surface area (Å²) in [6.07, 6.45) is 6.11. The van der Waals surface area contributed by atoms with E-state index in [0.29, 0.717) is 12.2 Å². The Morgan fingerprint density at radius 1 is 1.18 bits per heavy atom. The maximum atomic E-state index is 5.77. The number of hydrogen-bond donors (Lipinski definition) is 0. The second-order valence-corrected chi connectivity index (χ2v) is 3.72. The van der Waals surface area contributed by atoms with E-state index in [1.165, 1.54) is 25.7 Å². The Morgan fingerprint density at radius 3 is 2.45 bits per heavy atom. The largest absolute Gasteiger partial charge is 0.375 e. The fourth-order valence-corrected chi connectivity index (χ4v) is 1.97. The van der Waals surface area contributed by atoms with Gasteiger partial charge in [0.05, 0.1) is 12.2 Å². The summed E-state index contributed by atoms with van der Waals surface area (Å²) in [7, 11) is 0. The highest BCUT2D eigenvalue weighted by Gasteiger charge is 2.24. The molecular weight excluding hydrogens is 136 g/mol. The van der Waals surface area contributed by atoms with Gasteiger partial charge in [0.1, 0.15) is 0 Å². The molecule has 1 nitrogen and oxygen atoms in total.